The molecule has 0 radical (unpaired) electrons. The largest absolute Gasteiger partial charge is 1.00 e. The van der Waals surface area contributed by atoms with E-state index in [2.05, 4.69) is 94.9 Å². The molecule has 4 saturated carbocycles. The van der Waals surface area contributed by atoms with Gasteiger partial charge in [-0.2, -0.15) is 13.7 Å². The maximum Gasteiger partial charge on any atom is 1.00 e. The number of nitrogens with zero attached hydrogens (tertiary/aromatic N) is 8. The molecule has 3 N–H and O–H groups in total. The molecule has 2 aromatic carbocycles. The Morgan fingerprint density at radius 3 is 1.63 bits per heavy atom. The van der Waals surface area contributed by atoms with Gasteiger partial charge in [-0.15, -0.1) is 0 Å². The van der Waals surface area contributed by atoms with Gasteiger partial charge in [-0.3, -0.25) is 23.5 Å². The number of anilines is 2. The van der Waals surface area contributed by atoms with Gasteiger partial charge in [0.2, 0.25) is 23.7 Å². The third-order valence-corrected chi connectivity index (χ3v) is 17.2. The van der Waals surface area contributed by atoms with Crippen molar-refractivity contribution in [1.82, 2.24) is 40.0 Å². The standard InChI is InChI=1S/C26H37N5O.C14H18N4.C13H23NO4S.C2H3N.CH2O3.2K.H/c1-18-7-9-21(10-8-18)27-25(32)22-16-20(22)17-29-12-14-30(15-13-29)26-28-23-6-2-4-19-5-3-11-31(26)24(19)23;1-3-11-4-2-8-18-13(11)12(5-1)16-14(18)17-9-6-15-7-10-17;1-9-3-5-11(6-4-9)14-13(15)12-7-10(12)8-18-19(2,16)17;1-2-3;2-1-4-3;;;/h2,4,6,18,20-22H,3,5,7-17H2,1H3,(H,27,32);1,3,5,15H,2,4,6-10H2;9-12H,3-8H2,1-2H3,(H,14,15);1H3;1,3H;;;/q;;;;;2*+1;-1/p-1/t18?,20-,21?,22+;;9?,10-,11?,12?;;;;;/m0.0...../s1. The number of para-hydroxylation sites is 2. The minimum absolute atomic E-state index is 0. The van der Waals surface area contributed by atoms with Crippen molar-refractivity contribution < 1.29 is 141 Å². The van der Waals surface area contributed by atoms with Gasteiger partial charge in [-0.25, -0.2) is 9.97 Å². The minimum atomic E-state index is -3.39. The first kappa shape index (κ1) is 65.1. The van der Waals surface area contributed by atoms with E-state index in [0.29, 0.717) is 23.9 Å². The van der Waals surface area contributed by atoms with Crippen LogP contribution in [0.3, 0.4) is 0 Å². The molecule has 1 unspecified atom stereocenters. The first-order valence-electron chi connectivity index (χ1n) is 28.1. The van der Waals surface area contributed by atoms with Gasteiger partial charge in [-0.05, 0) is 137 Å². The number of carbonyl (C=O) groups excluding carboxylic acids is 3. The average Bonchev–Trinajstić information content (AvgIpc) is 4.51. The van der Waals surface area contributed by atoms with Crippen LogP contribution >= 0.6 is 0 Å². The van der Waals surface area contributed by atoms with Gasteiger partial charge >= 0.3 is 103 Å². The summed E-state index contributed by atoms with van der Waals surface area (Å²) in [6.45, 7) is 17.7. The molecule has 12 rings (SSSR count). The molecule has 6 heterocycles. The number of benzene rings is 2. The first-order valence-corrected chi connectivity index (χ1v) is 30.0. The summed E-state index contributed by atoms with van der Waals surface area (Å²) in [4.78, 5) is 53.3. The van der Waals surface area contributed by atoms with Gasteiger partial charge in [0.1, 0.15) is 0 Å². The summed E-state index contributed by atoms with van der Waals surface area (Å²) in [5.74, 6) is 5.17. The molecule has 4 atom stereocenters. The fraction of sp³-hybridized carbons (Fsp3) is 0.679. The molecule has 2 aromatic heterocycles. The molecule has 0 spiro atoms. The zero-order valence-electron chi connectivity index (χ0n) is 48.3. The van der Waals surface area contributed by atoms with E-state index in [9.17, 15) is 18.0 Å². The molecule has 78 heavy (non-hydrogen) atoms. The summed E-state index contributed by atoms with van der Waals surface area (Å²) in [6, 6.07) is 15.6. The Balaban J connectivity index is 0.000000212. The van der Waals surface area contributed by atoms with Crippen LogP contribution in [0, 0.1) is 46.8 Å². The number of rotatable bonds is 12. The number of carbonyl (C=O) groups is 3. The second-order valence-corrected chi connectivity index (χ2v) is 24.1. The molecule has 4 aliphatic carbocycles. The number of hydrogen-bond donors (Lipinski definition) is 3. The van der Waals surface area contributed by atoms with Gasteiger partial charge in [0, 0.05) is 103 Å². The van der Waals surface area contributed by atoms with Crippen LogP contribution < -0.4 is 134 Å². The van der Waals surface area contributed by atoms with Gasteiger partial charge in [0.05, 0.1) is 41.0 Å². The monoisotopic (exact) mass is 1150 g/mol. The molecule has 22 heteroatoms. The number of nitrogens with one attached hydrogen (secondary N) is 3. The third kappa shape index (κ3) is 18.2. The van der Waals surface area contributed by atoms with E-state index in [0.717, 1.165) is 127 Å². The summed E-state index contributed by atoms with van der Waals surface area (Å²) < 4.78 is 31.3. The molecule has 418 valence electrons. The van der Waals surface area contributed by atoms with E-state index in [4.69, 9.17) is 29.5 Å². The Labute approximate surface area is 548 Å². The van der Waals surface area contributed by atoms with E-state index in [1.165, 1.54) is 105 Å². The van der Waals surface area contributed by atoms with Crippen molar-refractivity contribution in [3.63, 3.8) is 0 Å². The van der Waals surface area contributed by atoms with Crippen LogP contribution in [-0.4, -0.2) is 135 Å². The van der Waals surface area contributed by atoms with Gasteiger partial charge in [0.15, 0.2) is 0 Å². The number of aromatic nitrogens is 4. The number of imidazole rings is 2. The second-order valence-electron chi connectivity index (χ2n) is 22.5. The summed E-state index contributed by atoms with van der Waals surface area (Å²) in [5, 5.41) is 25.6. The summed E-state index contributed by atoms with van der Waals surface area (Å²) in [7, 11) is -3.39. The molecule has 2 saturated heterocycles. The molecular formula is C56H83K2N11O8S. The first-order chi connectivity index (χ1) is 36.8. The molecular weight excluding hydrogens is 1060 g/mol. The van der Waals surface area contributed by atoms with Crippen molar-refractivity contribution in [3.8, 4) is 6.07 Å². The van der Waals surface area contributed by atoms with Crippen LogP contribution in [0.15, 0.2) is 36.4 Å². The smallest absolute Gasteiger partial charge is 1.00 e. The Kier molecular flexibility index (Phi) is 26.3. The number of piperazine rings is 2. The van der Waals surface area contributed by atoms with Crippen molar-refractivity contribution in [2.75, 3.05) is 81.6 Å². The van der Waals surface area contributed by atoms with Crippen LogP contribution in [0.25, 0.3) is 22.1 Å². The number of hydrogen-bond acceptors (Lipinski definition) is 15. The SMILES string of the molecule is CC#N.CC1CCC(NC(=O)C2C[C@H]2COS(C)(=O)=O)CC1.CC1CCC(NC(=O)[C@@H]2C[C@H]2CN2CCN(c3nc4cccc5c4n3CCC5)CC2)CC1.O=CO[O-].[H-].[K+].[K+].c1cc2c3c(c1)nc(N1CCNCC1)n3CCC2. The zero-order valence-corrected chi connectivity index (χ0v) is 54.4. The number of nitriles is 1. The topological polar surface area (TPSA) is 232 Å². The van der Waals surface area contributed by atoms with Crippen LogP contribution in [0.2, 0.25) is 0 Å². The van der Waals surface area contributed by atoms with Crippen molar-refractivity contribution in [2.45, 2.75) is 136 Å². The summed E-state index contributed by atoms with van der Waals surface area (Å²) >= 11 is 0. The number of amides is 2. The molecule has 19 nitrogen and oxygen atoms in total. The average molecular weight is 1150 g/mol. The number of aryl methyl sites for hydroxylation is 4. The predicted octanol–water partition coefficient (Wildman–Crippen LogP) is -0.794. The third-order valence-electron chi connectivity index (χ3n) is 16.6. The Morgan fingerprint density at radius 2 is 1.18 bits per heavy atom. The van der Waals surface area contributed by atoms with Crippen molar-refractivity contribution in [2.24, 2.45) is 35.5 Å². The van der Waals surface area contributed by atoms with Crippen LogP contribution in [0.4, 0.5) is 11.9 Å². The maximum atomic E-state index is 12.7. The van der Waals surface area contributed by atoms with Gasteiger partial charge in [0.25, 0.3) is 16.6 Å². The summed E-state index contributed by atoms with van der Waals surface area (Å²) in [6.07, 6.45) is 17.0. The maximum absolute atomic E-state index is 12.7. The van der Waals surface area contributed by atoms with Crippen molar-refractivity contribution >= 4 is 62.4 Å². The fourth-order valence-corrected chi connectivity index (χ4v) is 12.6. The molecule has 4 aromatic rings. The minimum Gasteiger partial charge on any atom is -1.00 e. The van der Waals surface area contributed by atoms with E-state index in [1.54, 1.807) is 6.07 Å². The Morgan fingerprint density at radius 1 is 0.744 bits per heavy atom. The molecule has 2 amide bonds. The normalized spacial score (nSPS) is 25.8. The Bertz CT molecular complexity index is 2730. The molecule has 6 fully saturated rings. The predicted molar refractivity (Wildman–Crippen MR) is 293 cm³/mol. The van der Waals surface area contributed by atoms with Crippen molar-refractivity contribution in [3.05, 3.63) is 47.5 Å². The molecule has 0 bridgehead atoms. The van der Waals surface area contributed by atoms with Crippen LogP contribution in [0.5, 0.6) is 0 Å². The van der Waals surface area contributed by atoms with E-state index < -0.39 is 10.1 Å². The van der Waals surface area contributed by atoms with Crippen LogP contribution in [-0.2, 0) is 59.5 Å². The second kappa shape index (κ2) is 31.6. The van der Waals surface area contributed by atoms with Crippen molar-refractivity contribution in [1.29, 1.82) is 5.26 Å². The van der Waals surface area contributed by atoms with Crippen LogP contribution in [0.1, 0.15) is 110 Å². The van der Waals surface area contributed by atoms with E-state index in [1.807, 2.05) is 0 Å². The van der Waals surface area contributed by atoms with E-state index >= 15 is 0 Å². The molecule has 4 aliphatic heterocycles. The zero-order chi connectivity index (χ0) is 53.8. The van der Waals surface area contributed by atoms with Gasteiger partial charge in [-0.1, -0.05) is 38.1 Å². The van der Waals surface area contributed by atoms with E-state index in [-0.39, 0.29) is 141 Å². The summed E-state index contributed by atoms with van der Waals surface area (Å²) in [5.41, 5.74) is 7.96. The quantitative estimate of drug-likeness (QED) is 0.0519. The van der Waals surface area contributed by atoms with Gasteiger partial charge < -0.3 is 46.5 Å². The Hall–Kier alpha value is -2.06. The fourth-order valence-electron chi connectivity index (χ4n) is 12.1. The molecule has 8 aliphatic rings.